The lowest BCUT2D eigenvalue weighted by Gasteiger charge is -2.22. The van der Waals surface area contributed by atoms with Gasteiger partial charge in [-0.15, -0.1) is 0 Å². The molecule has 0 aromatic heterocycles. The van der Waals surface area contributed by atoms with Gasteiger partial charge >= 0.3 is 11.8 Å². The molecule has 1 fully saturated rings. The lowest BCUT2D eigenvalue weighted by atomic mass is 9.95. The summed E-state index contributed by atoms with van der Waals surface area (Å²) in [4.78, 5) is 23.8. The van der Waals surface area contributed by atoms with Crippen LogP contribution in [0.15, 0.2) is 24.3 Å². The van der Waals surface area contributed by atoms with Crippen molar-refractivity contribution in [1.82, 2.24) is 5.32 Å². The Hall–Kier alpha value is -2.04. The maximum absolute atomic E-state index is 11.9. The van der Waals surface area contributed by atoms with Crippen molar-refractivity contribution < 1.29 is 14.3 Å². The van der Waals surface area contributed by atoms with E-state index in [4.69, 9.17) is 4.74 Å². The summed E-state index contributed by atoms with van der Waals surface area (Å²) in [5.41, 5.74) is 0.583. The zero-order chi connectivity index (χ0) is 15.9. The first-order chi connectivity index (χ1) is 10.5. The van der Waals surface area contributed by atoms with Crippen LogP contribution in [0, 0.1) is 0 Å². The Balaban J connectivity index is 1.83. The fraction of sp³-hybridized carbons (Fsp3) is 0.529. The van der Waals surface area contributed by atoms with E-state index >= 15 is 0 Å². The summed E-state index contributed by atoms with van der Waals surface area (Å²) in [7, 11) is 0. The van der Waals surface area contributed by atoms with Gasteiger partial charge in [-0.1, -0.05) is 19.3 Å². The van der Waals surface area contributed by atoms with Crippen LogP contribution in [0.1, 0.15) is 46.0 Å². The highest BCUT2D eigenvalue weighted by atomic mass is 16.5. The Morgan fingerprint density at radius 2 is 1.68 bits per heavy atom. The van der Waals surface area contributed by atoms with Gasteiger partial charge in [0.1, 0.15) is 5.75 Å². The number of anilines is 1. The van der Waals surface area contributed by atoms with Crippen LogP contribution in [0.3, 0.4) is 0 Å². The van der Waals surface area contributed by atoms with Gasteiger partial charge < -0.3 is 15.4 Å². The number of amides is 2. The van der Waals surface area contributed by atoms with Crippen LogP contribution in [-0.4, -0.2) is 24.0 Å². The first-order valence-corrected chi connectivity index (χ1v) is 7.93. The second-order valence-electron chi connectivity index (χ2n) is 5.95. The number of carbonyl (C=O) groups is 2. The van der Waals surface area contributed by atoms with Crippen LogP contribution >= 0.6 is 0 Å². The van der Waals surface area contributed by atoms with Crippen LogP contribution in [0.2, 0.25) is 0 Å². The van der Waals surface area contributed by atoms with Crippen molar-refractivity contribution in [3.05, 3.63) is 24.3 Å². The fourth-order valence-corrected chi connectivity index (χ4v) is 2.57. The molecule has 22 heavy (non-hydrogen) atoms. The van der Waals surface area contributed by atoms with Crippen molar-refractivity contribution in [3.63, 3.8) is 0 Å². The Labute approximate surface area is 131 Å². The van der Waals surface area contributed by atoms with Gasteiger partial charge in [0, 0.05) is 11.7 Å². The second kappa shape index (κ2) is 7.82. The first-order valence-electron chi connectivity index (χ1n) is 7.93. The normalized spacial score (nSPS) is 15.4. The van der Waals surface area contributed by atoms with E-state index in [9.17, 15) is 9.59 Å². The Morgan fingerprint density at radius 3 is 2.27 bits per heavy atom. The lowest BCUT2D eigenvalue weighted by molar-refractivity contribution is -0.136. The summed E-state index contributed by atoms with van der Waals surface area (Å²) in [6, 6.07) is 7.13. The first kappa shape index (κ1) is 16.3. The van der Waals surface area contributed by atoms with Gasteiger partial charge in [0.15, 0.2) is 0 Å². The van der Waals surface area contributed by atoms with E-state index in [1.807, 2.05) is 13.8 Å². The summed E-state index contributed by atoms with van der Waals surface area (Å²) in [5, 5.41) is 5.41. The van der Waals surface area contributed by atoms with Crippen molar-refractivity contribution in [2.24, 2.45) is 0 Å². The SMILES string of the molecule is CC(C)Oc1ccc(NC(=O)C(=O)NC2CCCCC2)cc1. The summed E-state index contributed by atoms with van der Waals surface area (Å²) < 4.78 is 5.53. The predicted octanol–water partition coefficient (Wildman–Crippen LogP) is 2.86. The highest BCUT2D eigenvalue weighted by Crippen LogP contribution is 2.18. The summed E-state index contributed by atoms with van der Waals surface area (Å²) in [6.45, 7) is 3.90. The lowest BCUT2D eigenvalue weighted by Crippen LogP contribution is -2.42. The number of carbonyl (C=O) groups excluding carboxylic acids is 2. The number of hydrogen-bond acceptors (Lipinski definition) is 3. The van der Waals surface area contributed by atoms with Crippen molar-refractivity contribution in [3.8, 4) is 5.75 Å². The largest absolute Gasteiger partial charge is 0.491 e. The minimum atomic E-state index is -0.622. The number of rotatable bonds is 4. The van der Waals surface area contributed by atoms with Gasteiger partial charge in [0.25, 0.3) is 0 Å². The van der Waals surface area contributed by atoms with Gasteiger partial charge in [-0.3, -0.25) is 9.59 Å². The average Bonchev–Trinajstić information content (AvgIpc) is 2.49. The minimum absolute atomic E-state index is 0.0988. The maximum atomic E-state index is 11.9. The van der Waals surface area contributed by atoms with Crippen LogP contribution in [0.5, 0.6) is 5.75 Å². The van der Waals surface area contributed by atoms with Crippen molar-refractivity contribution in [2.75, 3.05) is 5.32 Å². The standard InChI is InChI=1S/C17H24N2O3/c1-12(2)22-15-10-8-14(9-11-15)19-17(21)16(20)18-13-6-4-3-5-7-13/h8-13H,3-7H2,1-2H3,(H,18,20)(H,19,21). The van der Waals surface area contributed by atoms with Gasteiger partial charge in [-0.25, -0.2) is 0 Å². The topological polar surface area (TPSA) is 67.4 Å². The van der Waals surface area contributed by atoms with Crippen LogP contribution in [-0.2, 0) is 9.59 Å². The fourth-order valence-electron chi connectivity index (χ4n) is 2.57. The Kier molecular flexibility index (Phi) is 5.81. The molecule has 0 unspecified atom stereocenters. The number of benzene rings is 1. The van der Waals surface area contributed by atoms with E-state index in [0.717, 1.165) is 31.4 Å². The van der Waals surface area contributed by atoms with Gasteiger partial charge in [-0.2, -0.15) is 0 Å². The van der Waals surface area contributed by atoms with E-state index in [0.29, 0.717) is 5.69 Å². The van der Waals surface area contributed by atoms with Crippen LogP contribution < -0.4 is 15.4 Å². The molecule has 1 aliphatic carbocycles. The van der Waals surface area contributed by atoms with Crippen molar-refractivity contribution >= 4 is 17.5 Å². The van der Waals surface area contributed by atoms with Crippen molar-refractivity contribution in [2.45, 2.75) is 58.1 Å². The van der Waals surface area contributed by atoms with Gasteiger partial charge in [0.2, 0.25) is 0 Å². The van der Waals surface area contributed by atoms with E-state index in [2.05, 4.69) is 10.6 Å². The molecule has 0 saturated heterocycles. The molecule has 1 aromatic carbocycles. The molecule has 0 bridgehead atoms. The molecular formula is C17H24N2O3. The molecule has 2 N–H and O–H groups in total. The van der Waals surface area contributed by atoms with E-state index < -0.39 is 11.8 Å². The molecule has 2 amide bonds. The predicted molar refractivity (Wildman–Crippen MR) is 85.9 cm³/mol. The highest BCUT2D eigenvalue weighted by molar-refractivity contribution is 6.39. The molecule has 0 spiro atoms. The average molecular weight is 304 g/mol. The molecule has 1 saturated carbocycles. The second-order valence-corrected chi connectivity index (χ2v) is 5.95. The molecule has 2 rings (SSSR count). The quantitative estimate of drug-likeness (QED) is 0.841. The smallest absolute Gasteiger partial charge is 0.313 e. The number of nitrogens with one attached hydrogen (secondary N) is 2. The Morgan fingerprint density at radius 1 is 1.05 bits per heavy atom. The molecule has 1 aliphatic rings. The number of hydrogen-bond donors (Lipinski definition) is 2. The molecular weight excluding hydrogens is 280 g/mol. The summed E-state index contributed by atoms with van der Waals surface area (Å²) in [6.07, 6.45) is 5.46. The summed E-state index contributed by atoms with van der Waals surface area (Å²) >= 11 is 0. The number of ether oxygens (including phenoxy) is 1. The van der Waals surface area contributed by atoms with Crippen LogP contribution in [0.25, 0.3) is 0 Å². The molecule has 0 aliphatic heterocycles. The molecule has 0 atom stereocenters. The monoisotopic (exact) mass is 304 g/mol. The van der Waals surface area contributed by atoms with Gasteiger partial charge in [0.05, 0.1) is 6.10 Å². The molecule has 5 nitrogen and oxygen atoms in total. The minimum Gasteiger partial charge on any atom is -0.491 e. The third-order valence-corrected chi connectivity index (χ3v) is 3.63. The van der Waals surface area contributed by atoms with E-state index in [1.165, 1.54) is 6.42 Å². The molecule has 120 valence electrons. The molecule has 0 radical (unpaired) electrons. The van der Waals surface area contributed by atoms with E-state index in [-0.39, 0.29) is 12.1 Å². The third-order valence-electron chi connectivity index (χ3n) is 3.63. The molecule has 5 heteroatoms. The zero-order valence-corrected chi connectivity index (χ0v) is 13.2. The summed E-state index contributed by atoms with van der Waals surface area (Å²) in [5.74, 6) is -0.447. The van der Waals surface area contributed by atoms with Gasteiger partial charge in [-0.05, 0) is 51.0 Å². The maximum Gasteiger partial charge on any atom is 0.313 e. The molecule has 1 aromatic rings. The zero-order valence-electron chi connectivity index (χ0n) is 13.2. The Bertz CT molecular complexity index is 505. The highest BCUT2D eigenvalue weighted by Gasteiger charge is 2.20. The third kappa shape index (κ3) is 5.06. The van der Waals surface area contributed by atoms with Crippen molar-refractivity contribution in [1.29, 1.82) is 0 Å². The molecule has 0 heterocycles. The van der Waals surface area contributed by atoms with Crippen LogP contribution in [0.4, 0.5) is 5.69 Å². The van der Waals surface area contributed by atoms with E-state index in [1.54, 1.807) is 24.3 Å².